The van der Waals surface area contributed by atoms with Gasteiger partial charge in [-0.1, -0.05) is 17.3 Å². The van der Waals surface area contributed by atoms with E-state index < -0.39 is 0 Å². The standard InChI is InChI=1S/C15H13N3O/c16-12-5-1-10(2-6-12)14-9-15(19-18-14)11-3-7-13(17)8-4-11/h1-9H,16-17H2. The van der Waals surface area contributed by atoms with Crippen LogP contribution in [0, 0.1) is 0 Å². The number of aromatic nitrogens is 1. The monoisotopic (exact) mass is 251 g/mol. The van der Waals surface area contributed by atoms with Gasteiger partial charge in [-0.05, 0) is 36.4 Å². The molecule has 0 saturated carbocycles. The topological polar surface area (TPSA) is 78.1 Å². The maximum atomic E-state index is 5.66. The van der Waals surface area contributed by atoms with Crippen molar-refractivity contribution in [3.8, 4) is 22.6 Å². The van der Waals surface area contributed by atoms with Crippen LogP contribution in [0.2, 0.25) is 0 Å². The molecule has 3 aromatic rings. The lowest BCUT2D eigenvalue weighted by Gasteiger charge is -1.96. The van der Waals surface area contributed by atoms with E-state index in [2.05, 4.69) is 5.16 Å². The summed E-state index contributed by atoms with van der Waals surface area (Å²) in [5.74, 6) is 0.715. The van der Waals surface area contributed by atoms with Gasteiger partial charge in [-0.25, -0.2) is 0 Å². The summed E-state index contributed by atoms with van der Waals surface area (Å²) in [6.45, 7) is 0. The van der Waals surface area contributed by atoms with Crippen LogP contribution < -0.4 is 11.5 Å². The predicted molar refractivity (Wildman–Crippen MR) is 76.2 cm³/mol. The average Bonchev–Trinajstić information content (AvgIpc) is 2.90. The molecule has 4 N–H and O–H groups in total. The Morgan fingerprint density at radius 3 is 1.84 bits per heavy atom. The molecule has 0 spiro atoms. The average molecular weight is 251 g/mol. The molecule has 0 aliphatic carbocycles. The zero-order valence-electron chi connectivity index (χ0n) is 10.2. The molecule has 19 heavy (non-hydrogen) atoms. The van der Waals surface area contributed by atoms with E-state index in [4.69, 9.17) is 16.0 Å². The molecule has 0 fully saturated rings. The predicted octanol–water partition coefficient (Wildman–Crippen LogP) is 3.17. The van der Waals surface area contributed by atoms with Gasteiger partial charge in [0.15, 0.2) is 5.76 Å². The molecule has 0 radical (unpaired) electrons. The minimum Gasteiger partial charge on any atom is -0.399 e. The smallest absolute Gasteiger partial charge is 0.167 e. The molecule has 2 aromatic carbocycles. The summed E-state index contributed by atoms with van der Waals surface area (Å²) in [4.78, 5) is 0. The van der Waals surface area contributed by atoms with Gasteiger partial charge in [0.2, 0.25) is 0 Å². The number of nitrogens with two attached hydrogens (primary N) is 2. The first kappa shape index (κ1) is 11.3. The van der Waals surface area contributed by atoms with Gasteiger partial charge in [-0.2, -0.15) is 0 Å². The van der Waals surface area contributed by atoms with Crippen molar-refractivity contribution in [2.24, 2.45) is 0 Å². The lowest BCUT2D eigenvalue weighted by atomic mass is 10.1. The van der Waals surface area contributed by atoms with Crippen LogP contribution in [0.4, 0.5) is 11.4 Å². The Kier molecular flexibility index (Phi) is 2.68. The van der Waals surface area contributed by atoms with E-state index in [9.17, 15) is 0 Å². The van der Waals surface area contributed by atoms with Crippen molar-refractivity contribution in [2.75, 3.05) is 11.5 Å². The minimum atomic E-state index is 0.715. The zero-order chi connectivity index (χ0) is 13.2. The molecule has 0 amide bonds. The molecule has 0 atom stereocenters. The molecule has 1 heterocycles. The Morgan fingerprint density at radius 2 is 1.26 bits per heavy atom. The highest BCUT2D eigenvalue weighted by Crippen LogP contribution is 2.26. The number of benzene rings is 2. The highest BCUT2D eigenvalue weighted by molar-refractivity contribution is 5.68. The SMILES string of the molecule is Nc1ccc(-c2cc(-c3ccc(N)cc3)on2)cc1. The van der Waals surface area contributed by atoms with Crippen LogP contribution in [0.1, 0.15) is 0 Å². The Bertz CT molecular complexity index is 624. The van der Waals surface area contributed by atoms with E-state index in [0.29, 0.717) is 5.76 Å². The molecule has 0 aliphatic rings. The summed E-state index contributed by atoms with van der Waals surface area (Å²) in [6, 6.07) is 16.9. The van der Waals surface area contributed by atoms with Crippen LogP contribution in [-0.4, -0.2) is 5.16 Å². The first-order valence-electron chi connectivity index (χ1n) is 5.91. The maximum Gasteiger partial charge on any atom is 0.167 e. The highest BCUT2D eigenvalue weighted by Gasteiger charge is 2.08. The van der Waals surface area contributed by atoms with E-state index in [1.807, 2.05) is 54.6 Å². The molecule has 94 valence electrons. The van der Waals surface area contributed by atoms with E-state index in [1.165, 1.54) is 0 Å². The molecular formula is C15H13N3O. The van der Waals surface area contributed by atoms with Crippen LogP contribution >= 0.6 is 0 Å². The second kappa shape index (κ2) is 4.49. The van der Waals surface area contributed by atoms with Gasteiger partial charge in [0.05, 0.1) is 0 Å². The van der Waals surface area contributed by atoms with Gasteiger partial charge < -0.3 is 16.0 Å². The summed E-state index contributed by atoms with van der Waals surface area (Å²) in [5.41, 5.74) is 15.5. The maximum absolute atomic E-state index is 5.66. The number of hydrogen-bond donors (Lipinski definition) is 2. The van der Waals surface area contributed by atoms with Crippen LogP contribution in [0.5, 0.6) is 0 Å². The van der Waals surface area contributed by atoms with Gasteiger partial charge in [0, 0.05) is 28.6 Å². The third kappa shape index (κ3) is 2.28. The van der Waals surface area contributed by atoms with E-state index in [-0.39, 0.29) is 0 Å². The van der Waals surface area contributed by atoms with Crippen molar-refractivity contribution in [1.29, 1.82) is 0 Å². The minimum absolute atomic E-state index is 0.715. The molecule has 0 aliphatic heterocycles. The van der Waals surface area contributed by atoms with Crippen LogP contribution in [0.25, 0.3) is 22.6 Å². The molecule has 4 nitrogen and oxygen atoms in total. The van der Waals surface area contributed by atoms with Crippen molar-refractivity contribution >= 4 is 11.4 Å². The quantitative estimate of drug-likeness (QED) is 0.686. The van der Waals surface area contributed by atoms with Gasteiger partial charge >= 0.3 is 0 Å². The summed E-state index contributed by atoms with van der Waals surface area (Å²) in [6.07, 6.45) is 0. The fourth-order valence-corrected chi connectivity index (χ4v) is 1.85. The number of rotatable bonds is 2. The molecule has 3 rings (SSSR count). The lowest BCUT2D eigenvalue weighted by molar-refractivity contribution is 0.435. The van der Waals surface area contributed by atoms with Crippen LogP contribution in [0.3, 0.4) is 0 Å². The van der Waals surface area contributed by atoms with Gasteiger partial charge in [0.25, 0.3) is 0 Å². The lowest BCUT2D eigenvalue weighted by Crippen LogP contribution is -1.83. The summed E-state index contributed by atoms with van der Waals surface area (Å²) >= 11 is 0. The first-order chi connectivity index (χ1) is 9.22. The summed E-state index contributed by atoms with van der Waals surface area (Å²) < 4.78 is 5.35. The van der Waals surface area contributed by atoms with Crippen molar-refractivity contribution in [3.05, 3.63) is 54.6 Å². The molecule has 1 aromatic heterocycles. The van der Waals surface area contributed by atoms with Crippen molar-refractivity contribution < 1.29 is 4.52 Å². The number of hydrogen-bond acceptors (Lipinski definition) is 4. The normalized spacial score (nSPS) is 10.5. The van der Waals surface area contributed by atoms with E-state index in [0.717, 1.165) is 28.2 Å². The Morgan fingerprint density at radius 1 is 0.737 bits per heavy atom. The fraction of sp³-hybridized carbons (Fsp3) is 0. The van der Waals surface area contributed by atoms with Crippen LogP contribution in [-0.2, 0) is 0 Å². The summed E-state index contributed by atoms with van der Waals surface area (Å²) in [5, 5.41) is 4.07. The van der Waals surface area contributed by atoms with E-state index >= 15 is 0 Å². The highest BCUT2D eigenvalue weighted by atomic mass is 16.5. The van der Waals surface area contributed by atoms with Crippen LogP contribution in [0.15, 0.2) is 59.1 Å². The zero-order valence-corrected chi connectivity index (χ0v) is 10.2. The molecule has 4 heteroatoms. The number of nitrogen functional groups attached to an aromatic ring is 2. The van der Waals surface area contributed by atoms with Gasteiger partial charge in [-0.15, -0.1) is 0 Å². The largest absolute Gasteiger partial charge is 0.399 e. The Labute approximate surface area is 110 Å². The Balaban J connectivity index is 1.95. The number of nitrogens with zero attached hydrogens (tertiary/aromatic N) is 1. The van der Waals surface area contributed by atoms with Crippen molar-refractivity contribution in [3.63, 3.8) is 0 Å². The fourth-order valence-electron chi connectivity index (χ4n) is 1.85. The second-order valence-corrected chi connectivity index (χ2v) is 4.32. The number of anilines is 2. The third-order valence-corrected chi connectivity index (χ3v) is 2.91. The second-order valence-electron chi connectivity index (χ2n) is 4.32. The Hall–Kier alpha value is -2.75. The molecule has 0 bridgehead atoms. The van der Waals surface area contributed by atoms with Crippen molar-refractivity contribution in [1.82, 2.24) is 5.16 Å². The van der Waals surface area contributed by atoms with E-state index in [1.54, 1.807) is 0 Å². The first-order valence-corrected chi connectivity index (χ1v) is 5.91. The summed E-state index contributed by atoms with van der Waals surface area (Å²) in [7, 11) is 0. The van der Waals surface area contributed by atoms with Crippen molar-refractivity contribution in [2.45, 2.75) is 0 Å². The van der Waals surface area contributed by atoms with Gasteiger partial charge in [-0.3, -0.25) is 0 Å². The molecule has 0 saturated heterocycles. The van der Waals surface area contributed by atoms with Gasteiger partial charge in [0.1, 0.15) is 5.69 Å². The molecule has 0 unspecified atom stereocenters. The third-order valence-electron chi connectivity index (χ3n) is 2.91. The molecular weight excluding hydrogens is 238 g/mol.